The normalized spacial score (nSPS) is 14.1. The number of rotatable bonds is 41. The van der Waals surface area contributed by atoms with Crippen LogP contribution in [0.5, 0.6) is 0 Å². The van der Waals surface area contributed by atoms with Crippen LogP contribution in [0.2, 0.25) is 0 Å². The van der Waals surface area contributed by atoms with E-state index >= 15 is 0 Å². The second-order valence-corrected chi connectivity index (χ2v) is 44.2. The molecule has 11 heterocycles. The Hall–Kier alpha value is -9.76. The lowest BCUT2D eigenvalue weighted by molar-refractivity contribution is -0.380. The van der Waals surface area contributed by atoms with Crippen molar-refractivity contribution in [1.82, 2.24) is 65.4 Å². The van der Waals surface area contributed by atoms with Crippen LogP contribution in [0.4, 0.5) is 5.00 Å². The number of piperidine rings is 1. The van der Waals surface area contributed by atoms with Gasteiger partial charge < -0.3 is 15.5 Å². The van der Waals surface area contributed by atoms with Gasteiger partial charge in [0.15, 0.2) is 79.0 Å². The molecule has 4 aliphatic carbocycles. The Morgan fingerprint density at radius 2 is 0.872 bits per heavy atom. The van der Waals surface area contributed by atoms with Crippen molar-refractivity contribution in [2.75, 3.05) is 27.2 Å². The monoisotopic (exact) mass is 1980 g/mol. The molecule has 1 saturated heterocycles. The highest BCUT2D eigenvalue weighted by molar-refractivity contribution is 7.24. The summed E-state index contributed by atoms with van der Waals surface area (Å²) in [5, 5.41) is 32.1. The molecule has 4 saturated carbocycles. The summed E-state index contributed by atoms with van der Waals surface area (Å²) in [7, 11) is 3.27. The molecule has 0 spiro atoms. The molecule has 700 valence electrons. The molecule has 10 aromatic heterocycles. The molecule has 12 aromatic rings. The topological polar surface area (TPSA) is 370 Å². The first kappa shape index (κ1) is 101. The van der Waals surface area contributed by atoms with Crippen LogP contribution in [0.25, 0.3) is 50.1 Å². The number of unbranched alkanes of at least 4 members (excludes halogenated alkanes) is 4. The van der Waals surface area contributed by atoms with Gasteiger partial charge in [-0.1, -0.05) is 90.8 Å². The van der Waals surface area contributed by atoms with Crippen LogP contribution in [0.3, 0.4) is 0 Å². The average molecular weight is 1980 g/mol. The van der Waals surface area contributed by atoms with Crippen molar-refractivity contribution in [2.24, 2.45) is 17.8 Å². The van der Waals surface area contributed by atoms with Crippen LogP contribution in [0.15, 0.2) is 94.8 Å². The van der Waals surface area contributed by atoms with E-state index in [1.165, 1.54) is 83.4 Å². The maximum atomic E-state index is 13.1. The van der Waals surface area contributed by atoms with Gasteiger partial charge in [0.05, 0.1) is 10.6 Å². The predicted molar refractivity (Wildman–Crippen MR) is 533 cm³/mol. The Kier molecular flexibility index (Phi) is 36.8. The zero-order valence-electron chi connectivity index (χ0n) is 76.1. The summed E-state index contributed by atoms with van der Waals surface area (Å²) in [4.78, 5) is 184. The van der Waals surface area contributed by atoms with E-state index in [1.54, 1.807) is 125 Å². The first-order valence-electron chi connectivity index (χ1n) is 45.6. The van der Waals surface area contributed by atoms with Gasteiger partial charge in [0.1, 0.15) is 46.2 Å². The summed E-state index contributed by atoms with van der Waals surface area (Å²) in [6.07, 6.45) is 28.6. The second kappa shape index (κ2) is 48.6. The van der Waals surface area contributed by atoms with Gasteiger partial charge in [-0.05, 0) is 180 Å². The molecule has 2 aromatic carbocycles. The first-order valence-corrected chi connectivity index (χ1v) is 54.0. The third kappa shape index (κ3) is 28.7. The number of Topliss-reactive ketones (excluding diaryl/α,β-unsaturated/α-hetero) is 7. The number of benzene rings is 2. The largest absolute Gasteiger partial charge is 0.359 e. The van der Waals surface area contributed by atoms with Crippen molar-refractivity contribution in [3.63, 3.8) is 0 Å². The highest BCUT2D eigenvalue weighted by Gasteiger charge is 2.38. The van der Waals surface area contributed by atoms with Crippen molar-refractivity contribution in [3.8, 4) is 50.1 Å². The number of thiazole rings is 10. The van der Waals surface area contributed by atoms with Gasteiger partial charge in [-0.2, -0.15) is 0 Å². The van der Waals surface area contributed by atoms with E-state index in [9.17, 15) is 58.1 Å². The van der Waals surface area contributed by atoms with Gasteiger partial charge in [-0.25, -0.2) is 49.8 Å². The van der Waals surface area contributed by atoms with Gasteiger partial charge in [0, 0.05) is 166 Å². The van der Waals surface area contributed by atoms with Gasteiger partial charge in [0.2, 0.25) is 5.91 Å². The van der Waals surface area contributed by atoms with E-state index in [1.807, 2.05) is 59.2 Å². The zero-order chi connectivity index (χ0) is 94.4. The van der Waals surface area contributed by atoms with E-state index in [0.29, 0.717) is 168 Å². The molecular formula is C97H110N14O12S10. The van der Waals surface area contributed by atoms with E-state index in [4.69, 9.17) is 9.97 Å². The number of carbonyl (C=O) groups excluding carboxylic acids is 10. The quantitative estimate of drug-likeness (QED) is 0.0155. The molecule has 0 unspecified atom stereocenters. The van der Waals surface area contributed by atoms with E-state index < -0.39 is 4.92 Å². The molecule has 5 fully saturated rings. The molecule has 26 nitrogen and oxygen atoms in total. The molecular weight excluding hydrogens is 1870 g/mol. The molecule has 2 N–H and O–H groups in total. The summed E-state index contributed by atoms with van der Waals surface area (Å²) < 4.78 is 0. The summed E-state index contributed by atoms with van der Waals surface area (Å²) in [5.41, 5.74) is 7.38. The highest BCUT2D eigenvalue weighted by Crippen LogP contribution is 2.51. The lowest BCUT2D eigenvalue weighted by Gasteiger charge is -2.30. The van der Waals surface area contributed by atoms with Crippen molar-refractivity contribution in [1.29, 1.82) is 0 Å². The molecule has 0 bridgehead atoms. The van der Waals surface area contributed by atoms with E-state index in [2.05, 4.69) is 83.6 Å². The zero-order valence-corrected chi connectivity index (χ0v) is 84.3. The molecule has 133 heavy (non-hydrogen) atoms. The summed E-state index contributed by atoms with van der Waals surface area (Å²) >= 11 is 15.1. The molecule has 0 atom stereocenters. The van der Waals surface area contributed by atoms with Crippen LogP contribution in [-0.2, 0) is 40.1 Å². The van der Waals surface area contributed by atoms with Crippen LogP contribution in [-0.4, -0.2) is 145 Å². The number of nitro groups is 1. The maximum Gasteiger partial charge on any atom is 0.344 e. The Bertz CT molecular complexity index is 5990. The van der Waals surface area contributed by atoms with E-state index in [-0.39, 0.29) is 69.8 Å². The van der Waals surface area contributed by atoms with Gasteiger partial charge >= 0.3 is 5.00 Å². The Morgan fingerprint density at radius 3 is 1.30 bits per heavy atom. The second-order valence-electron chi connectivity index (χ2n) is 34.4. The van der Waals surface area contributed by atoms with Crippen molar-refractivity contribution in [2.45, 2.75) is 245 Å². The third-order valence-corrected chi connectivity index (χ3v) is 33.4. The third-order valence-electron chi connectivity index (χ3n) is 22.8. The number of nitrogens with one attached hydrogen (secondary N) is 2. The molecule has 3 amide bonds. The van der Waals surface area contributed by atoms with Crippen molar-refractivity contribution >= 4 is 177 Å². The number of carbonyl (C=O) groups is 10. The fourth-order valence-electron chi connectivity index (χ4n) is 14.7. The molecule has 17 rings (SSSR count). The minimum absolute atomic E-state index is 0.000461. The van der Waals surface area contributed by atoms with Crippen molar-refractivity contribution < 1.29 is 52.9 Å². The number of hydrogen-bond acceptors (Lipinski definition) is 32. The molecule has 1 aliphatic heterocycles. The first-order chi connectivity index (χ1) is 64.2. The smallest absolute Gasteiger partial charge is 0.344 e. The van der Waals surface area contributed by atoms with E-state index in [0.717, 1.165) is 159 Å². The summed E-state index contributed by atoms with van der Waals surface area (Å²) in [6.45, 7) is 15.1. The Morgan fingerprint density at radius 1 is 0.444 bits per heavy atom. The van der Waals surface area contributed by atoms with Gasteiger partial charge in [0.25, 0.3) is 11.8 Å². The number of aromatic nitrogens is 10. The van der Waals surface area contributed by atoms with Crippen LogP contribution >= 0.6 is 113 Å². The number of hydrogen-bond donors (Lipinski definition) is 2. The fourth-order valence-corrected chi connectivity index (χ4v) is 24.8. The lowest BCUT2D eigenvalue weighted by atomic mass is 9.95. The number of ketones is 7. The Balaban J connectivity index is 0.000000141. The molecule has 5 aliphatic rings. The summed E-state index contributed by atoms with van der Waals surface area (Å²) in [6, 6.07) is 14.6. The van der Waals surface area contributed by atoms with Gasteiger partial charge in [-0.3, -0.25) is 58.1 Å². The maximum absolute atomic E-state index is 13.1. The standard InChI is InChI=1S/C21H26N2O2S2.C20H19N3O2S2.C20H20N2O2S2.C18H24N4O2S2.C18H21N3O4S2/c1-2-15(24)6-4-3-5-7-17(25)18-19(14-10-11-14)27-21(23-18)20-22-16(12-26-20)13-8-9-13;1-21-18(25)14-5-2-12(3-6-14)4-9-15(24)16-17(13-7-8-13)27-20(23-16)19-22-10-11-26-19;1-12(2)10-17-18(22-20(26-17)19-21-8-9-25-19)16(24)11-14-4-6-15(7-5-14)13(3)23;1-11(2)10-13-14(21-17(26-13)16-20-6-9-25-16)18(24)22-7-4-12(5-8-22)15(23)19-3;1-2-12(22)6-4-3-5-7-13(23)15-16(11-8-9-11)27-18(20-15)17-19-10-14(26-17)21(24)25/h12-14H,2-11H2,1H3;2-3,5-6,10-11,13H,4,7-9H2,1H3,(H,21,25);4-9,12H,10-11H2,1-3H3;6,9,11-12H,4-5,7-8,10H2,1-3H3,(H,19,23);10-11H,2-9H2,1H3. The molecule has 0 radical (unpaired) electrons. The number of amides is 3. The fraction of sp³-hybridized carbons (Fsp3) is 0.464. The number of nitrogens with zero attached hydrogens (tertiary/aromatic N) is 12. The minimum atomic E-state index is -0.466. The lowest BCUT2D eigenvalue weighted by Crippen LogP contribution is -2.42. The van der Waals surface area contributed by atoms with Gasteiger partial charge in [-0.15, -0.1) is 102 Å². The summed E-state index contributed by atoms with van der Waals surface area (Å²) in [5.74, 6) is 3.77. The minimum Gasteiger partial charge on any atom is -0.359 e. The Labute approximate surface area is 814 Å². The van der Waals surface area contributed by atoms with Crippen molar-refractivity contribution in [3.05, 3.63) is 186 Å². The number of likely N-dealkylation sites (tertiary alicyclic amines) is 1. The highest BCUT2D eigenvalue weighted by atomic mass is 32.1. The van der Waals surface area contributed by atoms with Crippen LogP contribution < -0.4 is 10.6 Å². The molecule has 36 heteroatoms. The van der Waals surface area contributed by atoms with Crippen LogP contribution in [0, 0.1) is 27.9 Å². The predicted octanol–water partition coefficient (Wildman–Crippen LogP) is 23.8. The van der Waals surface area contributed by atoms with Crippen LogP contribution in [0.1, 0.15) is 334 Å². The number of aryl methyl sites for hydroxylation is 1. The average Bonchev–Trinajstić information content (AvgIpc) is 1.64. The SMILES string of the molecule is CC(=O)c1ccc(CC(=O)c2nc(-c3nccs3)sc2CC(C)C)cc1.CCC(=O)CCCCCC(=O)c1nc(-c2nc(C3CC3)cs2)sc1C1CC1.CCC(=O)CCCCCC(=O)c1nc(-c2ncc([N+](=O)[O-])s2)sc1C1CC1.CNC(=O)C1CCN(C(=O)c2nc(-c3nccs3)sc2CC(C)C)CC1.CNC(=O)c1ccc(CCC(=O)c2nc(-c3nccs3)sc2C2CC2)cc1.